The smallest absolute Gasteiger partial charge is 0.322 e. The van der Waals surface area contributed by atoms with Gasteiger partial charge in [-0.1, -0.05) is 0 Å². The van der Waals surface area contributed by atoms with Gasteiger partial charge < -0.3 is 31.1 Å². The fraction of sp³-hybridized carbons (Fsp3) is 0.438. The number of hydrogen-bond acceptors (Lipinski definition) is 9. The normalized spacial score (nSPS) is 12.9. The predicted molar refractivity (Wildman–Crippen MR) is 104 cm³/mol. The standard InChI is InChI=1S/C16H21N7O6S/c1-23-7-21-13-12(23)15(20-6-19-13)30-5-9(14(27)18-4-11(25)26)22-10(24)3-2-8(17)16(28)29/h6-9H,2-5,17H2,1H3,(H,18,27)(H,22,24)(H,25,26)(H,28,29)/t8-,9-/m0/s1/i30+3. The van der Waals surface area contributed by atoms with Crippen LogP contribution in [0.25, 0.3) is 11.2 Å². The molecule has 6 N–H and O–H groups in total. The number of imidazole rings is 1. The molecule has 0 saturated carbocycles. The number of carbonyl (C=O) groups is 4. The Kier molecular flexibility index (Phi) is 8.06. The summed E-state index contributed by atoms with van der Waals surface area (Å²) in [5.74, 6) is -3.72. The molecule has 0 unspecified atom stereocenters. The van der Waals surface area contributed by atoms with Gasteiger partial charge in [0, 0.05) is 19.2 Å². The number of nitrogens with zero attached hydrogens (tertiary/aromatic N) is 4. The zero-order valence-corrected chi connectivity index (χ0v) is 16.8. The Bertz CT molecular complexity index is 949. The third-order valence-corrected chi connectivity index (χ3v) is 5.00. The van der Waals surface area contributed by atoms with Gasteiger partial charge in [-0.3, -0.25) is 19.2 Å². The highest BCUT2D eigenvalue weighted by atomic mass is 35.1. The molecule has 2 heterocycles. The molecule has 2 aromatic rings. The number of amides is 2. The Hall–Kier alpha value is -3.26. The van der Waals surface area contributed by atoms with Crippen molar-refractivity contribution in [1.82, 2.24) is 30.2 Å². The lowest BCUT2D eigenvalue weighted by atomic mass is 10.1. The molecule has 162 valence electrons. The summed E-state index contributed by atoms with van der Waals surface area (Å²) in [6.45, 7) is -0.612. The number of nitrogens with one attached hydrogen (secondary N) is 2. The molecule has 0 bridgehead atoms. The molecule has 0 aromatic carbocycles. The van der Waals surface area contributed by atoms with Crippen molar-refractivity contribution in [3.8, 4) is 0 Å². The average Bonchev–Trinajstić information content (AvgIpc) is 3.08. The van der Waals surface area contributed by atoms with Crippen molar-refractivity contribution < 1.29 is 29.4 Å². The van der Waals surface area contributed by atoms with Crippen LogP contribution in [0.5, 0.6) is 0 Å². The van der Waals surface area contributed by atoms with Gasteiger partial charge in [0.15, 0.2) is 5.65 Å². The maximum absolute atomic E-state index is 12.4. The first kappa shape index (κ1) is 23.0. The maximum Gasteiger partial charge on any atom is 0.322 e. The molecule has 0 spiro atoms. The Morgan fingerprint density at radius 1 is 1.23 bits per heavy atom. The van der Waals surface area contributed by atoms with E-state index >= 15 is 0 Å². The zero-order chi connectivity index (χ0) is 22.3. The first-order valence-electron chi connectivity index (χ1n) is 8.71. The summed E-state index contributed by atoms with van der Waals surface area (Å²) in [5.41, 5.74) is 6.49. The number of rotatable bonds is 11. The third kappa shape index (κ3) is 6.38. The molecule has 30 heavy (non-hydrogen) atoms. The number of thioether (sulfide) groups is 1. The van der Waals surface area contributed by atoms with Crippen molar-refractivity contribution in [2.24, 2.45) is 12.8 Å². The van der Waals surface area contributed by atoms with Gasteiger partial charge in [0.25, 0.3) is 0 Å². The predicted octanol–water partition coefficient (Wildman–Crippen LogP) is -1.67. The monoisotopic (exact) mass is 442 g/mol. The van der Waals surface area contributed by atoms with E-state index in [0.717, 1.165) is 11.8 Å². The minimum Gasteiger partial charge on any atom is -0.480 e. The van der Waals surface area contributed by atoms with Crippen molar-refractivity contribution in [3.63, 3.8) is 0 Å². The number of aromatic nitrogens is 4. The minimum atomic E-state index is -1.24. The molecule has 0 radical (unpaired) electrons. The van der Waals surface area contributed by atoms with E-state index in [9.17, 15) is 19.2 Å². The summed E-state index contributed by atoms with van der Waals surface area (Å²) < 4.78 is 1.71. The summed E-state index contributed by atoms with van der Waals surface area (Å²) >= 11 is 1.16. The lowest BCUT2D eigenvalue weighted by molar-refractivity contribution is -0.139. The molecule has 0 aliphatic carbocycles. The summed E-state index contributed by atoms with van der Waals surface area (Å²) in [7, 11) is 1.76. The minimum absolute atomic E-state index is 0.0411. The van der Waals surface area contributed by atoms with E-state index in [0.29, 0.717) is 16.2 Å². The van der Waals surface area contributed by atoms with Crippen molar-refractivity contribution in [2.75, 3.05) is 12.3 Å². The van der Waals surface area contributed by atoms with Crippen LogP contribution in [0.4, 0.5) is 0 Å². The second-order valence-corrected chi connectivity index (χ2v) is 7.24. The van der Waals surface area contributed by atoms with E-state index in [1.807, 2.05) is 0 Å². The molecule has 0 fully saturated rings. The van der Waals surface area contributed by atoms with Gasteiger partial charge in [0.05, 0.1) is 6.33 Å². The zero-order valence-electron chi connectivity index (χ0n) is 15.9. The van der Waals surface area contributed by atoms with Gasteiger partial charge in [0.2, 0.25) is 11.8 Å². The average molecular weight is 442 g/mol. The van der Waals surface area contributed by atoms with Crippen LogP contribution in [0, 0.1) is 0 Å². The van der Waals surface area contributed by atoms with Gasteiger partial charge in [-0.2, -0.15) is 0 Å². The van der Waals surface area contributed by atoms with Crippen LogP contribution in [0.1, 0.15) is 12.8 Å². The first-order chi connectivity index (χ1) is 14.2. The van der Waals surface area contributed by atoms with Crippen molar-refractivity contribution in [2.45, 2.75) is 30.0 Å². The molecule has 13 nitrogen and oxygen atoms in total. The highest BCUT2D eigenvalue weighted by Crippen LogP contribution is 2.24. The maximum atomic E-state index is 12.4. The number of aliphatic carboxylic acids is 2. The number of nitrogens with two attached hydrogens (primary N) is 1. The van der Waals surface area contributed by atoms with Gasteiger partial charge in [-0.25, -0.2) is 15.0 Å². The van der Waals surface area contributed by atoms with Crippen LogP contribution in [0.3, 0.4) is 0 Å². The van der Waals surface area contributed by atoms with Crippen LogP contribution in [0.15, 0.2) is 17.7 Å². The number of fused-ring (bicyclic) bond motifs is 1. The van der Waals surface area contributed by atoms with Crippen LogP contribution < -0.4 is 16.4 Å². The van der Waals surface area contributed by atoms with E-state index in [1.165, 1.54) is 6.33 Å². The van der Waals surface area contributed by atoms with Crippen LogP contribution in [-0.4, -0.2) is 77.9 Å². The Morgan fingerprint density at radius 3 is 2.63 bits per heavy atom. The Morgan fingerprint density at radius 2 is 1.97 bits per heavy atom. The second kappa shape index (κ2) is 10.5. The topological polar surface area (TPSA) is 202 Å². The van der Waals surface area contributed by atoms with E-state index in [1.54, 1.807) is 17.9 Å². The van der Waals surface area contributed by atoms with E-state index in [2.05, 4.69) is 25.6 Å². The Balaban J connectivity index is 2.07. The Labute approximate surface area is 174 Å². The van der Waals surface area contributed by atoms with Crippen LogP contribution in [-0.2, 0) is 26.2 Å². The summed E-state index contributed by atoms with van der Waals surface area (Å²) in [5, 5.41) is 22.8. The van der Waals surface area contributed by atoms with E-state index in [4.69, 9.17) is 15.9 Å². The molecule has 0 saturated heterocycles. The van der Waals surface area contributed by atoms with Crippen LogP contribution in [0.2, 0.25) is 0 Å². The summed E-state index contributed by atoms with van der Waals surface area (Å²) in [6.07, 6.45) is 2.57. The first-order valence-corrected chi connectivity index (χ1v) is 9.69. The lowest BCUT2D eigenvalue weighted by Crippen LogP contribution is -2.49. The number of carboxylic acid groups (broad SMARTS) is 2. The van der Waals surface area contributed by atoms with Gasteiger partial charge in [0.1, 0.15) is 35.5 Å². The summed E-state index contributed by atoms with van der Waals surface area (Å²) in [4.78, 5) is 58.3. The highest BCUT2D eigenvalue weighted by molar-refractivity contribution is 7.99. The molecule has 2 atom stereocenters. The molecule has 2 amide bonds. The van der Waals surface area contributed by atoms with Crippen molar-refractivity contribution in [3.05, 3.63) is 12.7 Å². The summed E-state index contributed by atoms with van der Waals surface area (Å²) in [6, 6.07) is -2.29. The molecule has 0 aliphatic rings. The molecular formula is C16H21N7O6S. The number of aryl methyl sites for hydroxylation is 1. The molecule has 2 rings (SSSR count). The van der Waals surface area contributed by atoms with Gasteiger partial charge in [-0.05, 0) is 6.42 Å². The van der Waals surface area contributed by atoms with E-state index in [-0.39, 0.29) is 18.6 Å². The van der Waals surface area contributed by atoms with E-state index < -0.39 is 42.4 Å². The SMILES string of the molecule is Cn1cnc2ncnc([35S]C[C@H](NC(=O)CC[C@H](N)C(=O)O)C(=O)NCC(=O)O)c21. The molecule has 0 aliphatic heterocycles. The lowest BCUT2D eigenvalue weighted by Gasteiger charge is -2.18. The second-order valence-electron chi connectivity index (χ2n) is 6.23. The highest BCUT2D eigenvalue weighted by Gasteiger charge is 2.23. The van der Waals surface area contributed by atoms with Gasteiger partial charge >= 0.3 is 11.9 Å². The quantitative estimate of drug-likeness (QED) is 0.197. The number of hydrogen-bond donors (Lipinski definition) is 5. The molecular weight excluding hydrogens is 421 g/mol. The fourth-order valence-electron chi connectivity index (χ4n) is 2.37. The molecule has 14 heteroatoms. The largest absolute Gasteiger partial charge is 0.480 e. The number of carbonyl (C=O) groups excluding carboxylic acids is 2. The van der Waals surface area contributed by atoms with Crippen molar-refractivity contribution in [1.29, 1.82) is 0 Å². The van der Waals surface area contributed by atoms with Crippen molar-refractivity contribution >= 4 is 46.7 Å². The van der Waals surface area contributed by atoms with Crippen LogP contribution >= 0.6 is 11.8 Å². The molecule has 2 aromatic heterocycles. The number of carboxylic acids is 2. The third-order valence-electron chi connectivity index (χ3n) is 3.93. The fourth-order valence-corrected chi connectivity index (χ4v) is 3.42. The van der Waals surface area contributed by atoms with Gasteiger partial charge in [-0.15, -0.1) is 11.8 Å².